The number of amides is 2. The molecule has 0 bridgehead atoms. The minimum Gasteiger partial charge on any atom is -0.482 e. The van der Waals surface area contributed by atoms with E-state index in [0.717, 1.165) is 17.5 Å². The van der Waals surface area contributed by atoms with Crippen molar-refractivity contribution in [3.63, 3.8) is 0 Å². The van der Waals surface area contributed by atoms with Crippen molar-refractivity contribution in [1.82, 2.24) is 11.5 Å². The highest BCUT2D eigenvalue weighted by Crippen LogP contribution is 2.29. The molecule has 2 amide bonds. The van der Waals surface area contributed by atoms with E-state index in [9.17, 15) is 19.2 Å². The predicted octanol–water partition coefficient (Wildman–Crippen LogP) is 2.85. The van der Waals surface area contributed by atoms with Gasteiger partial charge in [-0.15, -0.1) is 0 Å². The number of hydrogen-bond donors (Lipinski definition) is 3. The summed E-state index contributed by atoms with van der Waals surface area (Å²) in [4.78, 5) is 49.5. The molecule has 0 fully saturated rings. The molecule has 35 heavy (non-hydrogen) atoms. The minimum absolute atomic E-state index is 0. The molecule has 9 nitrogen and oxygen atoms in total. The zero-order valence-electron chi connectivity index (χ0n) is 20.2. The van der Waals surface area contributed by atoms with Crippen LogP contribution in [0.3, 0.4) is 0 Å². The summed E-state index contributed by atoms with van der Waals surface area (Å²) in [6, 6.07) is 11.0. The first-order chi connectivity index (χ1) is 16.4. The number of carbonyl (C=O) groups is 2. The van der Waals surface area contributed by atoms with Crippen LogP contribution in [0, 0.1) is 6.92 Å². The monoisotopic (exact) mass is 480 g/mol. The molecule has 186 valence electrons. The van der Waals surface area contributed by atoms with Gasteiger partial charge in [0, 0.05) is 32.2 Å². The summed E-state index contributed by atoms with van der Waals surface area (Å²) in [7, 11) is 0. The van der Waals surface area contributed by atoms with Crippen molar-refractivity contribution in [3.8, 4) is 5.75 Å². The van der Waals surface area contributed by atoms with E-state index in [2.05, 4.69) is 16.7 Å². The Bertz CT molecular complexity index is 1350. The molecule has 0 atom stereocenters. The standard InChI is InChI=1S/C24H21N3O5.C2H6.H3N.H2/c1-13-21(23(30)22(13)29)27-7-6-15-3-2-14(8-17(15)11-27)10-25-24(31)16-4-5-18-19(9-16)32-12-20(28)26-18;1-2;;/h2-5,8-9H,6-7,10-12H2,1H3,(H,25,31)(H,26,28);1-2H3;1H3;1H. The van der Waals surface area contributed by atoms with Gasteiger partial charge in [0.25, 0.3) is 11.8 Å². The highest BCUT2D eigenvalue weighted by molar-refractivity contribution is 5.99. The second-order valence-electron chi connectivity index (χ2n) is 8.14. The van der Waals surface area contributed by atoms with Crippen molar-refractivity contribution >= 4 is 23.2 Å². The summed E-state index contributed by atoms with van der Waals surface area (Å²) in [5.74, 6) is 0.00662. The summed E-state index contributed by atoms with van der Waals surface area (Å²) < 4.78 is 5.37. The van der Waals surface area contributed by atoms with Crippen LogP contribution < -0.4 is 37.3 Å². The van der Waals surface area contributed by atoms with Gasteiger partial charge in [-0.1, -0.05) is 32.0 Å². The van der Waals surface area contributed by atoms with E-state index in [-0.39, 0.29) is 26.0 Å². The van der Waals surface area contributed by atoms with Crippen LogP contribution in [-0.4, -0.2) is 25.0 Å². The Balaban J connectivity index is 0.00000111. The average molecular weight is 481 g/mol. The molecule has 2 heterocycles. The lowest BCUT2D eigenvalue weighted by Crippen LogP contribution is -2.44. The third kappa shape index (κ3) is 4.95. The van der Waals surface area contributed by atoms with Crippen LogP contribution in [0.25, 0.3) is 0 Å². The molecule has 0 saturated heterocycles. The molecule has 9 heteroatoms. The molecule has 3 aromatic carbocycles. The number of anilines is 2. The lowest BCUT2D eigenvalue weighted by molar-refractivity contribution is -0.118. The number of ether oxygens (including phenoxy) is 1. The Morgan fingerprint density at radius 2 is 1.86 bits per heavy atom. The second kappa shape index (κ2) is 10.5. The molecular formula is C26H32N4O5. The van der Waals surface area contributed by atoms with Crippen LogP contribution in [0.15, 0.2) is 46.0 Å². The molecule has 2 aliphatic rings. The number of hydrogen-bond acceptors (Lipinski definition) is 7. The maximum atomic E-state index is 12.6. The molecule has 0 aromatic heterocycles. The highest BCUT2D eigenvalue weighted by Gasteiger charge is 2.26. The zero-order chi connectivity index (χ0) is 24.4. The van der Waals surface area contributed by atoms with Gasteiger partial charge in [-0.2, -0.15) is 0 Å². The summed E-state index contributed by atoms with van der Waals surface area (Å²) in [5.41, 5.74) is 4.52. The highest BCUT2D eigenvalue weighted by atomic mass is 16.5. The van der Waals surface area contributed by atoms with E-state index in [1.807, 2.05) is 30.9 Å². The van der Waals surface area contributed by atoms with Crippen molar-refractivity contribution in [1.29, 1.82) is 0 Å². The van der Waals surface area contributed by atoms with E-state index in [1.165, 1.54) is 5.56 Å². The minimum atomic E-state index is -0.400. The third-order valence-corrected chi connectivity index (χ3v) is 6.05. The van der Waals surface area contributed by atoms with E-state index >= 15 is 0 Å². The van der Waals surface area contributed by atoms with Crippen LogP contribution in [0.5, 0.6) is 5.75 Å². The molecule has 3 aromatic rings. The van der Waals surface area contributed by atoms with Crippen molar-refractivity contribution in [2.75, 3.05) is 23.4 Å². The average Bonchev–Trinajstić information content (AvgIpc) is 2.87. The first-order valence-electron chi connectivity index (χ1n) is 11.4. The number of nitrogens with zero attached hydrogens (tertiary/aromatic N) is 1. The van der Waals surface area contributed by atoms with Gasteiger partial charge < -0.3 is 26.4 Å². The first-order valence-corrected chi connectivity index (χ1v) is 11.4. The number of nitrogens with one attached hydrogen (secondary N) is 2. The zero-order valence-corrected chi connectivity index (χ0v) is 20.2. The van der Waals surface area contributed by atoms with Crippen LogP contribution in [-0.2, 0) is 24.3 Å². The molecule has 5 rings (SSSR count). The second-order valence-corrected chi connectivity index (χ2v) is 8.14. The van der Waals surface area contributed by atoms with Crippen molar-refractivity contribution in [2.45, 2.75) is 40.3 Å². The van der Waals surface area contributed by atoms with Crippen molar-refractivity contribution < 1.29 is 15.8 Å². The molecule has 5 N–H and O–H groups in total. The fourth-order valence-electron chi connectivity index (χ4n) is 4.29. The number of fused-ring (bicyclic) bond motifs is 2. The SMILES string of the molecule is CC.Cc1c(N2CCc3ccc(CNC(=O)c4ccc5c(c4)OCC(=O)N5)cc3C2)c(=O)c1=O.N.[HH]. The smallest absolute Gasteiger partial charge is 0.262 e. The van der Waals surface area contributed by atoms with Gasteiger partial charge in [-0.25, -0.2) is 0 Å². The molecule has 0 spiro atoms. The van der Waals surface area contributed by atoms with Gasteiger partial charge in [0.1, 0.15) is 5.75 Å². The number of carbonyl (C=O) groups excluding carboxylic acids is 2. The quantitative estimate of drug-likeness (QED) is 0.488. The van der Waals surface area contributed by atoms with Gasteiger partial charge in [0.05, 0.1) is 11.4 Å². The van der Waals surface area contributed by atoms with Gasteiger partial charge >= 0.3 is 0 Å². The Morgan fingerprint density at radius 1 is 1.09 bits per heavy atom. The Labute approximate surface area is 204 Å². The topological polar surface area (TPSA) is 140 Å². The lowest BCUT2D eigenvalue weighted by atomic mass is 9.95. The summed E-state index contributed by atoms with van der Waals surface area (Å²) in [5, 5.41) is 5.61. The van der Waals surface area contributed by atoms with Crippen molar-refractivity contribution in [2.24, 2.45) is 0 Å². The molecule has 2 aliphatic heterocycles. The van der Waals surface area contributed by atoms with Gasteiger partial charge in [0.2, 0.25) is 10.9 Å². The van der Waals surface area contributed by atoms with Crippen LogP contribution in [0.1, 0.15) is 47.9 Å². The Morgan fingerprint density at radius 3 is 2.60 bits per heavy atom. The van der Waals surface area contributed by atoms with Gasteiger partial charge in [0.15, 0.2) is 6.61 Å². The van der Waals surface area contributed by atoms with Crippen LogP contribution in [0.2, 0.25) is 0 Å². The van der Waals surface area contributed by atoms with Crippen LogP contribution in [0.4, 0.5) is 11.4 Å². The normalized spacial score (nSPS) is 13.8. The van der Waals surface area contributed by atoms with E-state index in [0.29, 0.717) is 47.9 Å². The first kappa shape index (κ1) is 25.6. The van der Waals surface area contributed by atoms with Crippen molar-refractivity contribution in [3.05, 3.63) is 84.7 Å². The summed E-state index contributed by atoms with van der Waals surface area (Å²) in [6.07, 6.45) is 0.798. The third-order valence-electron chi connectivity index (χ3n) is 6.05. The molecule has 0 saturated carbocycles. The lowest BCUT2D eigenvalue weighted by Gasteiger charge is -2.32. The van der Waals surface area contributed by atoms with Gasteiger partial charge in [-0.3, -0.25) is 19.2 Å². The summed E-state index contributed by atoms with van der Waals surface area (Å²) >= 11 is 0. The predicted molar refractivity (Wildman–Crippen MR) is 138 cm³/mol. The van der Waals surface area contributed by atoms with E-state index < -0.39 is 10.9 Å². The van der Waals surface area contributed by atoms with Crippen LogP contribution >= 0.6 is 0 Å². The molecule has 0 unspecified atom stereocenters. The Hall–Kier alpha value is -3.98. The maximum Gasteiger partial charge on any atom is 0.262 e. The maximum absolute atomic E-state index is 12.6. The summed E-state index contributed by atoms with van der Waals surface area (Å²) in [6.45, 7) is 7.24. The number of benzene rings is 2. The largest absolute Gasteiger partial charge is 0.482 e. The molecule has 0 aliphatic carbocycles. The number of rotatable bonds is 4. The fourth-order valence-corrected chi connectivity index (χ4v) is 4.29. The van der Waals surface area contributed by atoms with Gasteiger partial charge in [-0.05, 0) is 48.2 Å². The molecule has 0 radical (unpaired) electrons. The van der Waals surface area contributed by atoms with E-state index in [1.54, 1.807) is 25.1 Å². The fraction of sp³-hybridized carbons (Fsp3) is 0.308. The van der Waals surface area contributed by atoms with E-state index in [4.69, 9.17) is 4.74 Å². The molecular weight excluding hydrogens is 448 g/mol. The Kier molecular flexibility index (Phi) is 7.71.